The Morgan fingerprint density at radius 1 is 1.14 bits per heavy atom. The zero-order valence-corrected chi connectivity index (χ0v) is 13.1. The maximum Gasteiger partial charge on any atom is 0.333 e. The lowest BCUT2D eigenvalue weighted by Gasteiger charge is -2.05. The molecule has 0 spiro atoms. The summed E-state index contributed by atoms with van der Waals surface area (Å²) >= 11 is 1.84. The first-order valence-corrected chi connectivity index (χ1v) is 8.09. The first-order valence-electron chi connectivity index (χ1n) is 7.11. The van der Waals surface area contributed by atoms with Crippen LogP contribution in [0.3, 0.4) is 0 Å². The van der Waals surface area contributed by atoms with Crippen LogP contribution in [0.5, 0.6) is 0 Å². The molecule has 0 heterocycles. The molecule has 110 valence electrons. The number of thioether (sulfide) groups is 1. The first kappa shape index (κ1) is 15.6. The van der Waals surface area contributed by atoms with Crippen molar-refractivity contribution in [3.8, 4) is 0 Å². The van der Waals surface area contributed by atoms with E-state index in [9.17, 15) is 4.79 Å². The minimum absolute atomic E-state index is 0.294. The number of esters is 1. The van der Waals surface area contributed by atoms with Gasteiger partial charge < -0.3 is 4.74 Å². The average molecular weight is 300 g/mol. The van der Waals surface area contributed by atoms with Crippen molar-refractivity contribution >= 4 is 28.5 Å². The molecule has 2 rings (SSSR count). The summed E-state index contributed by atoms with van der Waals surface area (Å²) in [5, 5.41) is 2.55. The van der Waals surface area contributed by atoms with Gasteiger partial charge in [-0.3, -0.25) is 0 Å². The summed E-state index contributed by atoms with van der Waals surface area (Å²) in [5.41, 5.74) is 0.459. The van der Waals surface area contributed by atoms with Crippen molar-refractivity contribution in [3.05, 3.63) is 54.6 Å². The molecular formula is C18H20O2S. The number of ether oxygens (including phenoxy) is 1. The molecule has 0 amide bonds. The van der Waals surface area contributed by atoms with Gasteiger partial charge in [0.25, 0.3) is 0 Å². The van der Waals surface area contributed by atoms with Crippen molar-refractivity contribution in [1.82, 2.24) is 0 Å². The van der Waals surface area contributed by atoms with Crippen LogP contribution in [0.25, 0.3) is 10.8 Å². The Hall–Kier alpha value is -1.74. The second-order valence-electron chi connectivity index (χ2n) is 4.98. The lowest BCUT2D eigenvalue weighted by Crippen LogP contribution is -2.06. The molecule has 2 aromatic carbocycles. The topological polar surface area (TPSA) is 26.3 Å². The number of hydrogen-bond acceptors (Lipinski definition) is 3. The zero-order chi connectivity index (χ0) is 15.1. The molecular weight excluding hydrogens is 280 g/mol. The predicted octanol–water partition coefficient (Wildman–Crippen LogP) is 4.83. The van der Waals surface area contributed by atoms with Crippen LogP contribution in [-0.4, -0.2) is 18.3 Å². The number of fused-ring (bicyclic) bond motifs is 1. The number of rotatable bonds is 7. The van der Waals surface area contributed by atoms with Gasteiger partial charge in [-0.25, -0.2) is 4.79 Å². The highest BCUT2D eigenvalue weighted by atomic mass is 32.2. The second kappa shape index (κ2) is 7.89. The number of hydrogen-bond donors (Lipinski definition) is 0. The summed E-state index contributed by atoms with van der Waals surface area (Å²) in [6.07, 6.45) is 1.92. The van der Waals surface area contributed by atoms with Crippen LogP contribution in [0.1, 0.15) is 19.8 Å². The molecule has 0 aliphatic carbocycles. The first-order chi connectivity index (χ1) is 10.2. The molecule has 0 bridgehead atoms. The van der Waals surface area contributed by atoms with E-state index in [0.29, 0.717) is 12.2 Å². The fourth-order valence-electron chi connectivity index (χ4n) is 1.94. The maximum atomic E-state index is 11.2. The molecule has 0 atom stereocenters. The Kier molecular flexibility index (Phi) is 5.88. The lowest BCUT2D eigenvalue weighted by molar-refractivity contribution is -0.139. The second-order valence-corrected chi connectivity index (χ2v) is 6.15. The fraction of sp³-hybridized carbons (Fsp3) is 0.278. The van der Waals surface area contributed by atoms with Crippen molar-refractivity contribution < 1.29 is 9.53 Å². The van der Waals surface area contributed by atoms with Gasteiger partial charge in [-0.05, 0) is 48.4 Å². The minimum Gasteiger partial charge on any atom is -0.462 e. The number of carbonyl (C=O) groups excluding carboxylic acids is 1. The summed E-state index contributed by atoms with van der Waals surface area (Å²) in [6.45, 7) is 5.70. The Bertz CT molecular complexity index is 634. The van der Waals surface area contributed by atoms with E-state index in [1.165, 1.54) is 15.7 Å². The van der Waals surface area contributed by atoms with Gasteiger partial charge in [0.05, 0.1) is 6.61 Å². The molecule has 0 saturated heterocycles. The monoisotopic (exact) mass is 300 g/mol. The van der Waals surface area contributed by atoms with E-state index in [0.717, 1.165) is 18.6 Å². The lowest BCUT2D eigenvalue weighted by atomic mass is 10.1. The molecule has 3 heteroatoms. The Labute approximate surface area is 130 Å². The van der Waals surface area contributed by atoms with E-state index in [2.05, 4.69) is 49.0 Å². The molecule has 0 aliphatic rings. The van der Waals surface area contributed by atoms with Gasteiger partial charge in [-0.15, -0.1) is 11.8 Å². The van der Waals surface area contributed by atoms with Gasteiger partial charge in [0.2, 0.25) is 0 Å². The van der Waals surface area contributed by atoms with Crippen LogP contribution in [0.2, 0.25) is 0 Å². The molecule has 0 aromatic heterocycles. The van der Waals surface area contributed by atoms with Gasteiger partial charge in [-0.2, -0.15) is 0 Å². The average Bonchev–Trinajstić information content (AvgIpc) is 2.50. The summed E-state index contributed by atoms with van der Waals surface area (Å²) in [4.78, 5) is 12.5. The van der Waals surface area contributed by atoms with Crippen molar-refractivity contribution in [2.24, 2.45) is 0 Å². The number of benzene rings is 2. The van der Waals surface area contributed by atoms with Gasteiger partial charge in [0.1, 0.15) is 0 Å². The zero-order valence-electron chi connectivity index (χ0n) is 12.3. The number of carbonyl (C=O) groups is 1. The van der Waals surface area contributed by atoms with E-state index >= 15 is 0 Å². The largest absolute Gasteiger partial charge is 0.462 e. The molecule has 0 saturated carbocycles. The van der Waals surface area contributed by atoms with Gasteiger partial charge in [-0.1, -0.05) is 36.9 Å². The van der Waals surface area contributed by atoms with E-state index in [1.54, 1.807) is 6.92 Å². The van der Waals surface area contributed by atoms with Crippen molar-refractivity contribution in [2.75, 3.05) is 12.4 Å². The standard InChI is InChI=1S/C18H20O2S/c1-14(2)18(19)20-11-5-6-12-21-17-10-9-15-7-3-4-8-16(15)13-17/h3-4,7-10,13H,1,5-6,11-12H2,2H3. The van der Waals surface area contributed by atoms with E-state index in [-0.39, 0.29) is 5.97 Å². The summed E-state index contributed by atoms with van der Waals surface area (Å²) in [6, 6.07) is 14.9. The molecule has 21 heavy (non-hydrogen) atoms. The molecule has 0 aliphatic heterocycles. The van der Waals surface area contributed by atoms with Crippen LogP contribution < -0.4 is 0 Å². The van der Waals surface area contributed by atoms with Crippen molar-refractivity contribution in [2.45, 2.75) is 24.7 Å². The normalized spacial score (nSPS) is 10.5. The Balaban J connectivity index is 1.70. The highest BCUT2D eigenvalue weighted by molar-refractivity contribution is 7.99. The molecule has 0 radical (unpaired) electrons. The van der Waals surface area contributed by atoms with Crippen LogP contribution in [0, 0.1) is 0 Å². The molecule has 0 unspecified atom stereocenters. The SMILES string of the molecule is C=C(C)C(=O)OCCCCSc1ccc2ccccc2c1. The molecule has 2 aromatic rings. The fourth-order valence-corrected chi connectivity index (χ4v) is 2.90. The highest BCUT2D eigenvalue weighted by Crippen LogP contribution is 2.24. The van der Waals surface area contributed by atoms with Crippen LogP contribution in [0.4, 0.5) is 0 Å². The van der Waals surface area contributed by atoms with E-state index in [4.69, 9.17) is 4.74 Å². The Morgan fingerprint density at radius 2 is 1.90 bits per heavy atom. The van der Waals surface area contributed by atoms with Gasteiger partial charge in [0, 0.05) is 10.5 Å². The third-order valence-electron chi connectivity index (χ3n) is 3.11. The summed E-state index contributed by atoms with van der Waals surface area (Å²) in [7, 11) is 0. The third kappa shape index (κ3) is 4.94. The van der Waals surface area contributed by atoms with Crippen LogP contribution in [-0.2, 0) is 9.53 Å². The van der Waals surface area contributed by atoms with E-state index < -0.39 is 0 Å². The summed E-state index contributed by atoms with van der Waals surface area (Å²) in [5.74, 6) is 0.736. The van der Waals surface area contributed by atoms with Crippen molar-refractivity contribution in [1.29, 1.82) is 0 Å². The quantitative estimate of drug-likeness (QED) is 0.317. The molecule has 0 fully saturated rings. The highest BCUT2D eigenvalue weighted by Gasteiger charge is 2.02. The molecule has 0 N–H and O–H groups in total. The van der Waals surface area contributed by atoms with Crippen molar-refractivity contribution in [3.63, 3.8) is 0 Å². The third-order valence-corrected chi connectivity index (χ3v) is 4.19. The Morgan fingerprint density at radius 3 is 2.67 bits per heavy atom. The smallest absolute Gasteiger partial charge is 0.333 e. The maximum absolute atomic E-state index is 11.2. The predicted molar refractivity (Wildman–Crippen MR) is 89.7 cm³/mol. The number of unbranched alkanes of at least 4 members (excludes halogenated alkanes) is 1. The minimum atomic E-state index is -0.294. The van der Waals surface area contributed by atoms with Gasteiger partial charge in [0.15, 0.2) is 0 Å². The van der Waals surface area contributed by atoms with Crippen LogP contribution >= 0.6 is 11.8 Å². The van der Waals surface area contributed by atoms with Crippen LogP contribution in [0.15, 0.2) is 59.5 Å². The van der Waals surface area contributed by atoms with E-state index in [1.807, 2.05) is 11.8 Å². The molecule has 2 nitrogen and oxygen atoms in total. The van der Waals surface area contributed by atoms with Gasteiger partial charge >= 0.3 is 5.97 Å². The summed E-state index contributed by atoms with van der Waals surface area (Å²) < 4.78 is 5.07.